The van der Waals surface area contributed by atoms with Crippen molar-refractivity contribution in [3.05, 3.63) is 0 Å². The van der Waals surface area contributed by atoms with Gasteiger partial charge in [0.2, 0.25) is 0 Å². The van der Waals surface area contributed by atoms with Crippen LogP contribution in [0.15, 0.2) is 0 Å². The quantitative estimate of drug-likeness (QED) is 0.775. The third kappa shape index (κ3) is 4.06. The van der Waals surface area contributed by atoms with E-state index in [1.807, 2.05) is 0 Å². The third-order valence-electron chi connectivity index (χ3n) is 4.34. The van der Waals surface area contributed by atoms with Gasteiger partial charge in [0, 0.05) is 18.1 Å². The highest BCUT2D eigenvalue weighted by Gasteiger charge is 2.26. The summed E-state index contributed by atoms with van der Waals surface area (Å²) in [4.78, 5) is 2.56. The molecule has 0 aromatic carbocycles. The SMILES string of the molecule is CCC1CCC(N(C)CC(C)(C)NC)CC1. The normalized spacial score (nSPS) is 27.4. The minimum Gasteiger partial charge on any atom is -0.314 e. The smallest absolute Gasteiger partial charge is 0.0249 e. The fourth-order valence-electron chi connectivity index (χ4n) is 2.83. The topological polar surface area (TPSA) is 15.3 Å². The lowest BCUT2D eigenvalue weighted by Gasteiger charge is -2.38. The summed E-state index contributed by atoms with van der Waals surface area (Å²) in [6.07, 6.45) is 7.04. The molecule has 0 spiro atoms. The van der Waals surface area contributed by atoms with Crippen LogP contribution in [0.2, 0.25) is 0 Å². The first kappa shape index (κ1) is 14.0. The van der Waals surface area contributed by atoms with E-state index in [-0.39, 0.29) is 5.54 Å². The van der Waals surface area contributed by atoms with Crippen LogP contribution in [0.25, 0.3) is 0 Å². The number of hydrogen-bond donors (Lipinski definition) is 1. The zero-order valence-corrected chi connectivity index (χ0v) is 11.8. The van der Waals surface area contributed by atoms with E-state index in [1.165, 1.54) is 32.1 Å². The van der Waals surface area contributed by atoms with Gasteiger partial charge >= 0.3 is 0 Å². The largest absolute Gasteiger partial charge is 0.314 e. The van der Waals surface area contributed by atoms with Crippen molar-refractivity contribution < 1.29 is 0 Å². The maximum absolute atomic E-state index is 3.39. The summed E-state index contributed by atoms with van der Waals surface area (Å²) in [5, 5.41) is 3.39. The molecular weight excluding hydrogens is 196 g/mol. The third-order valence-corrected chi connectivity index (χ3v) is 4.34. The lowest BCUT2D eigenvalue weighted by atomic mass is 9.83. The van der Waals surface area contributed by atoms with Crippen molar-refractivity contribution in [2.24, 2.45) is 5.92 Å². The van der Waals surface area contributed by atoms with Gasteiger partial charge in [-0.3, -0.25) is 0 Å². The van der Waals surface area contributed by atoms with Crippen LogP contribution >= 0.6 is 0 Å². The van der Waals surface area contributed by atoms with Gasteiger partial charge in [-0.1, -0.05) is 13.3 Å². The van der Waals surface area contributed by atoms with Gasteiger partial charge in [-0.05, 0) is 59.5 Å². The maximum atomic E-state index is 3.39. The molecule has 0 saturated heterocycles. The molecule has 1 N–H and O–H groups in total. The van der Waals surface area contributed by atoms with Crippen molar-refractivity contribution in [3.63, 3.8) is 0 Å². The Balaban J connectivity index is 2.36. The number of nitrogens with zero attached hydrogens (tertiary/aromatic N) is 1. The fraction of sp³-hybridized carbons (Fsp3) is 1.00. The van der Waals surface area contributed by atoms with E-state index in [0.29, 0.717) is 0 Å². The number of rotatable bonds is 5. The molecule has 2 nitrogen and oxygen atoms in total. The molecule has 2 heteroatoms. The predicted molar refractivity (Wildman–Crippen MR) is 71.8 cm³/mol. The van der Waals surface area contributed by atoms with E-state index in [1.54, 1.807) is 0 Å². The van der Waals surface area contributed by atoms with Crippen LogP contribution in [0.1, 0.15) is 52.9 Å². The highest BCUT2D eigenvalue weighted by Crippen LogP contribution is 2.29. The lowest BCUT2D eigenvalue weighted by Crippen LogP contribution is -2.49. The molecule has 1 aliphatic carbocycles. The molecule has 96 valence electrons. The number of nitrogens with one attached hydrogen (secondary N) is 1. The molecule has 0 unspecified atom stereocenters. The standard InChI is InChI=1S/C14H30N2/c1-6-12-7-9-13(10-8-12)16(5)11-14(2,3)15-4/h12-13,15H,6-11H2,1-5H3. The van der Waals surface area contributed by atoms with Crippen LogP contribution in [0.3, 0.4) is 0 Å². The highest BCUT2D eigenvalue weighted by atomic mass is 15.2. The van der Waals surface area contributed by atoms with Crippen LogP contribution in [0.4, 0.5) is 0 Å². The Hall–Kier alpha value is -0.0800. The predicted octanol–water partition coefficient (Wildman–Crippen LogP) is 2.89. The van der Waals surface area contributed by atoms with Gasteiger partial charge in [0.1, 0.15) is 0 Å². The van der Waals surface area contributed by atoms with Crippen LogP contribution < -0.4 is 5.32 Å². The second-order valence-electron chi connectivity index (χ2n) is 6.13. The molecule has 0 aromatic rings. The van der Waals surface area contributed by atoms with Crippen molar-refractivity contribution in [1.82, 2.24) is 10.2 Å². The van der Waals surface area contributed by atoms with Gasteiger partial charge in [0.15, 0.2) is 0 Å². The van der Waals surface area contributed by atoms with Crippen LogP contribution in [-0.4, -0.2) is 37.1 Å². The van der Waals surface area contributed by atoms with Gasteiger partial charge in [0.05, 0.1) is 0 Å². The summed E-state index contributed by atoms with van der Waals surface area (Å²) in [5.74, 6) is 1.00. The first-order valence-electron chi connectivity index (χ1n) is 6.87. The zero-order chi connectivity index (χ0) is 12.2. The number of likely N-dealkylation sites (N-methyl/N-ethyl adjacent to an activating group) is 2. The molecule has 0 aromatic heterocycles. The second-order valence-corrected chi connectivity index (χ2v) is 6.13. The Bertz CT molecular complexity index is 193. The minimum atomic E-state index is 0.232. The molecular formula is C14H30N2. The Morgan fingerprint density at radius 1 is 1.19 bits per heavy atom. The average molecular weight is 226 g/mol. The Morgan fingerprint density at radius 2 is 1.75 bits per heavy atom. The van der Waals surface area contributed by atoms with E-state index in [0.717, 1.165) is 18.5 Å². The van der Waals surface area contributed by atoms with Crippen LogP contribution in [0, 0.1) is 5.92 Å². The Kier molecular flexibility index (Phi) is 5.26. The Labute approximate surface area is 102 Å². The van der Waals surface area contributed by atoms with Crippen molar-refractivity contribution in [2.45, 2.75) is 64.5 Å². The second kappa shape index (κ2) is 6.02. The summed E-state index contributed by atoms with van der Waals surface area (Å²) in [7, 11) is 4.35. The average Bonchev–Trinajstić information content (AvgIpc) is 2.28. The van der Waals surface area contributed by atoms with Gasteiger partial charge in [0.25, 0.3) is 0 Å². The van der Waals surface area contributed by atoms with Gasteiger partial charge in [-0.25, -0.2) is 0 Å². The molecule has 0 atom stereocenters. The molecule has 0 amide bonds. The Morgan fingerprint density at radius 3 is 2.19 bits per heavy atom. The summed E-state index contributed by atoms with van der Waals surface area (Å²) < 4.78 is 0. The van der Waals surface area contributed by atoms with Crippen molar-refractivity contribution in [3.8, 4) is 0 Å². The molecule has 1 aliphatic rings. The molecule has 0 aliphatic heterocycles. The van der Waals surface area contributed by atoms with Crippen molar-refractivity contribution in [2.75, 3.05) is 20.6 Å². The summed E-state index contributed by atoms with van der Waals surface area (Å²) >= 11 is 0. The first-order valence-corrected chi connectivity index (χ1v) is 6.87. The van der Waals surface area contributed by atoms with Crippen LogP contribution in [0.5, 0.6) is 0 Å². The van der Waals surface area contributed by atoms with Crippen molar-refractivity contribution in [1.29, 1.82) is 0 Å². The van der Waals surface area contributed by atoms with Crippen LogP contribution in [-0.2, 0) is 0 Å². The molecule has 0 bridgehead atoms. The molecule has 0 heterocycles. The molecule has 1 saturated carbocycles. The van der Waals surface area contributed by atoms with Gasteiger partial charge in [-0.2, -0.15) is 0 Å². The molecule has 0 radical (unpaired) electrons. The lowest BCUT2D eigenvalue weighted by molar-refractivity contribution is 0.134. The summed E-state index contributed by atoms with van der Waals surface area (Å²) in [5.41, 5.74) is 0.232. The zero-order valence-electron chi connectivity index (χ0n) is 11.8. The van der Waals surface area contributed by atoms with Gasteiger partial charge in [-0.15, -0.1) is 0 Å². The van der Waals surface area contributed by atoms with E-state index >= 15 is 0 Å². The minimum absolute atomic E-state index is 0.232. The molecule has 1 fully saturated rings. The first-order chi connectivity index (χ1) is 7.48. The molecule has 16 heavy (non-hydrogen) atoms. The van der Waals surface area contributed by atoms with E-state index in [4.69, 9.17) is 0 Å². The van der Waals surface area contributed by atoms with Crippen molar-refractivity contribution >= 4 is 0 Å². The van der Waals surface area contributed by atoms with E-state index in [2.05, 4.69) is 45.1 Å². The fourth-order valence-corrected chi connectivity index (χ4v) is 2.83. The number of hydrogen-bond acceptors (Lipinski definition) is 2. The monoisotopic (exact) mass is 226 g/mol. The molecule has 1 rings (SSSR count). The highest BCUT2D eigenvalue weighted by molar-refractivity contribution is 4.84. The van der Waals surface area contributed by atoms with E-state index in [9.17, 15) is 0 Å². The summed E-state index contributed by atoms with van der Waals surface area (Å²) in [6.45, 7) is 8.03. The maximum Gasteiger partial charge on any atom is 0.0249 e. The summed E-state index contributed by atoms with van der Waals surface area (Å²) in [6, 6.07) is 0.815. The van der Waals surface area contributed by atoms with E-state index < -0.39 is 0 Å². The van der Waals surface area contributed by atoms with Gasteiger partial charge < -0.3 is 10.2 Å².